The van der Waals surface area contributed by atoms with Gasteiger partial charge in [-0.1, -0.05) is 48.0 Å². The van der Waals surface area contributed by atoms with E-state index < -0.39 is 34.7 Å². The average molecular weight is 500 g/mol. The zero-order chi connectivity index (χ0) is 25.4. The number of amides is 1. The number of carbonyl (C=O) groups is 1. The number of aliphatic hydroxyl groups is 1. The molecule has 190 valence electrons. The van der Waals surface area contributed by atoms with E-state index in [4.69, 9.17) is 19.9 Å². The Labute approximate surface area is 212 Å². The van der Waals surface area contributed by atoms with Crippen LogP contribution in [-0.2, 0) is 14.3 Å². The highest BCUT2D eigenvalue weighted by Crippen LogP contribution is 2.63. The molecule has 1 aliphatic carbocycles. The number of methoxy groups -OCH3 is 1. The fourth-order valence-electron chi connectivity index (χ4n) is 6.19. The third kappa shape index (κ3) is 4.16. The van der Waals surface area contributed by atoms with Crippen molar-refractivity contribution in [2.45, 2.75) is 69.5 Å². The molecule has 0 bridgehead atoms. The van der Waals surface area contributed by atoms with Crippen molar-refractivity contribution in [2.75, 3.05) is 19.1 Å². The molecule has 0 spiro atoms. The van der Waals surface area contributed by atoms with Gasteiger partial charge in [-0.25, -0.2) is 0 Å². The van der Waals surface area contributed by atoms with Gasteiger partial charge in [0.25, 0.3) is 0 Å². The number of hydrogen-bond donors (Lipinski definition) is 2. The summed E-state index contributed by atoms with van der Waals surface area (Å²) in [4.78, 5) is 13.5. The lowest BCUT2D eigenvalue weighted by atomic mass is 9.53. The van der Waals surface area contributed by atoms with E-state index >= 15 is 0 Å². The normalized spacial score (nSPS) is 34.4. The number of carbonyl (C=O) groups excluding carboxylic acids is 1. The van der Waals surface area contributed by atoms with Gasteiger partial charge in [0.05, 0.1) is 11.7 Å². The number of allylic oxidation sites excluding steroid dienone is 1. The highest BCUT2D eigenvalue weighted by Gasteiger charge is 2.80. The number of rotatable bonds is 9. The lowest BCUT2D eigenvalue weighted by Gasteiger charge is -2.56. The van der Waals surface area contributed by atoms with E-state index in [9.17, 15) is 9.90 Å². The van der Waals surface area contributed by atoms with Gasteiger partial charge in [0, 0.05) is 18.2 Å². The van der Waals surface area contributed by atoms with Gasteiger partial charge in [-0.3, -0.25) is 4.79 Å². The van der Waals surface area contributed by atoms with E-state index in [-0.39, 0.29) is 6.10 Å². The third-order valence-electron chi connectivity index (χ3n) is 7.86. The van der Waals surface area contributed by atoms with Gasteiger partial charge in [0.15, 0.2) is 0 Å². The number of nitrogens with two attached hydrogens (primary N) is 1. The number of benzene rings is 2. The Morgan fingerprint density at radius 3 is 2.63 bits per heavy atom. The van der Waals surface area contributed by atoms with Gasteiger partial charge in [-0.2, -0.15) is 11.8 Å². The van der Waals surface area contributed by atoms with Crippen molar-refractivity contribution < 1.29 is 24.1 Å². The predicted molar refractivity (Wildman–Crippen MR) is 141 cm³/mol. The number of fused-ring (bicyclic) bond motifs is 1. The minimum absolute atomic E-state index is 0.257. The standard InChI is InChI=1S/C28H37NO5S/c1-18(2)13-14-23-26(3,34-23)28(25(29)30)24(32-4)22(15-16-27(28,31)17-35-5)33-21-12-8-10-19-9-6-7-11-20(19)21/h6-13,22-24,31H,14-17H2,1-5H3,(H2,29,30). The lowest BCUT2D eigenvalue weighted by Crippen LogP contribution is -2.75. The summed E-state index contributed by atoms with van der Waals surface area (Å²) in [5, 5.41) is 14.2. The zero-order valence-corrected chi connectivity index (χ0v) is 22.1. The number of hydrogen-bond acceptors (Lipinski definition) is 6. The summed E-state index contributed by atoms with van der Waals surface area (Å²) < 4.78 is 18.9. The molecule has 6 nitrogen and oxygen atoms in total. The highest BCUT2D eigenvalue weighted by molar-refractivity contribution is 7.98. The molecular formula is C28H37NO5S. The molecular weight excluding hydrogens is 462 g/mol. The van der Waals surface area contributed by atoms with Crippen molar-refractivity contribution in [3.8, 4) is 5.75 Å². The second-order valence-electron chi connectivity index (χ2n) is 10.2. The molecule has 4 rings (SSSR count). The summed E-state index contributed by atoms with van der Waals surface area (Å²) in [6.07, 6.45) is 3.95. The molecule has 2 fully saturated rings. The molecule has 0 aromatic heterocycles. The Morgan fingerprint density at radius 1 is 1.26 bits per heavy atom. The van der Waals surface area contributed by atoms with Gasteiger partial charge < -0.3 is 25.1 Å². The smallest absolute Gasteiger partial charge is 0.232 e. The van der Waals surface area contributed by atoms with Gasteiger partial charge >= 0.3 is 0 Å². The number of epoxide rings is 1. The van der Waals surface area contributed by atoms with Crippen LogP contribution in [0.3, 0.4) is 0 Å². The van der Waals surface area contributed by atoms with Crippen LogP contribution in [0.15, 0.2) is 54.1 Å². The summed E-state index contributed by atoms with van der Waals surface area (Å²) >= 11 is 1.49. The molecule has 1 amide bonds. The highest BCUT2D eigenvalue weighted by atomic mass is 32.2. The number of ether oxygens (including phenoxy) is 3. The van der Waals surface area contributed by atoms with Crippen molar-refractivity contribution in [2.24, 2.45) is 11.1 Å². The van der Waals surface area contributed by atoms with Crippen molar-refractivity contribution in [3.63, 3.8) is 0 Å². The SMILES string of the molecule is COC1C(Oc2cccc3ccccc23)CCC(O)(CSC)C1(C(N)=O)C1(C)OC1CC=C(C)C. The van der Waals surface area contributed by atoms with Crippen LogP contribution in [0.4, 0.5) is 0 Å². The molecule has 2 aromatic rings. The predicted octanol–water partition coefficient (Wildman–Crippen LogP) is 4.48. The number of primary amides is 1. The van der Waals surface area contributed by atoms with Crippen LogP contribution in [0.25, 0.3) is 10.8 Å². The van der Waals surface area contributed by atoms with Crippen LogP contribution >= 0.6 is 11.8 Å². The van der Waals surface area contributed by atoms with Crippen LogP contribution in [-0.4, -0.2) is 59.6 Å². The van der Waals surface area contributed by atoms with Crippen LogP contribution < -0.4 is 10.5 Å². The first-order valence-electron chi connectivity index (χ1n) is 12.1. The quantitative estimate of drug-likeness (QED) is 0.390. The molecule has 6 atom stereocenters. The van der Waals surface area contributed by atoms with Crippen LogP contribution in [0.2, 0.25) is 0 Å². The Balaban J connectivity index is 1.79. The van der Waals surface area contributed by atoms with E-state index in [2.05, 4.69) is 6.08 Å². The minimum atomic E-state index is -1.49. The van der Waals surface area contributed by atoms with Crippen LogP contribution in [0.5, 0.6) is 5.75 Å². The molecule has 2 aliphatic rings. The van der Waals surface area contributed by atoms with Crippen molar-refractivity contribution in [1.29, 1.82) is 0 Å². The summed E-state index contributed by atoms with van der Waals surface area (Å²) in [6, 6.07) is 13.9. The van der Waals surface area contributed by atoms with E-state index in [1.165, 1.54) is 17.3 Å². The van der Waals surface area contributed by atoms with E-state index in [0.29, 0.717) is 30.8 Å². The summed E-state index contributed by atoms with van der Waals surface area (Å²) in [7, 11) is 1.56. The van der Waals surface area contributed by atoms with Crippen molar-refractivity contribution in [1.82, 2.24) is 0 Å². The summed E-state index contributed by atoms with van der Waals surface area (Å²) in [5.74, 6) is 0.437. The van der Waals surface area contributed by atoms with E-state index in [0.717, 1.165) is 10.8 Å². The molecule has 7 heteroatoms. The maximum Gasteiger partial charge on any atom is 0.232 e. The van der Waals surface area contributed by atoms with Crippen molar-refractivity contribution >= 4 is 28.4 Å². The van der Waals surface area contributed by atoms with E-state index in [1.54, 1.807) is 7.11 Å². The fourth-order valence-corrected chi connectivity index (χ4v) is 7.04. The van der Waals surface area contributed by atoms with Crippen LogP contribution in [0, 0.1) is 5.41 Å². The molecule has 1 heterocycles. The molecule has 0 radical (unpaired) electrons. The van der Waals surface area contributed by atoms with Gasteiger partial charge in [-0.15, -0.1) is 0 Å². The van der Waals surface area contributed by atoms with E-state index in [1.807, 2.05) is 69.5 Å². The molecule has 1 aliphatic heterocycles. The van der Waals surface area contributed by atoms with Gasteiger partial charge in [0.2, 0.25) is 5.91 Å². The van der Waals surface area contributed by atoms with Gasteiger partial charge in [-0.05, 0) is 57.7 Å². The number of thioether (sulfide) groups is 1. The summed E-state index contributed by atoms with van der Waals surface area (Å²) in [5.41, 5.74) is 3.50. The summed E-state index contributed by atoms with van der Waals surface area (Å²) in [6.45, 7) is 5.94. The molecule has 6 unspecified atom stereocenters. The monoisotopic (exact) mass is 499 g/mol. The Hall–Kier alpha value is -2.06. The minimum Gasteiger partial charge on any atom is -0.487 e. The Bertz CT molecular complexity index is 1110. The fraction of sp³-hybridized carbons (Fsp3) is 0.536. The first-order valence-corrected chi connectivity index (χ1v) is 13.5. The second kappa shape index (κ2) is 9.77. The molecule has 35 heavy (non-hydrogen) atoms. The zero-order valence-electron chi connectivity index (χ0n) is 21.2. The maximum absolute atomic E-state index is 13.5. The van der Waals surface area contributed by atoms with Crippen molar-refractivity contribution in [3.05, 3.63) is 54.1 Å². The van der Waals surface area contributed by atoms with Gasteiger partial charge in [0.1, 0.15) is 29.0 Å². The largest absolute Gasteiger partial charge is 0.487 e. The Morgan fingerprint density at radius 2 is 1.97 bits per heavy atom. The molecule has 1 saturated carbocycles. The first kappa shape index (κ1) is 26.0. The molecule has 2 aromatic carbocycles. The topological polar surface area (TPSA) is 94.3 Å². The average Bonchev–Trinajstić information content (AvgIpc) is 3.49. The first-order chi connectivity index (χ1) is 16.6. The second-order valence-corrected chi connectivity index (χ2v) is 11.1. The molecule has 3 N–H and O–H groups in total. The third-order valence-corrected chi connectivity index (χ3v) is 8.63. The lowest BCUT2D eigenvalue weighted by molar-refractivity contribution is -0.222. The maximum atomic E-state index is 13.5. The van der Waals surface area contributed by atoms with Crippen LogP contribution in [0.1, 0.15) is 40.0 Å². The molecule has 1 saturated heterocycles. The Kier molecular flexibility index (Phi) is 7.26.